The number of alkyl carbamates (subject to hydrolysis) is 1. The number of aromatic hydroxyl groups is 1. The maximum Gasteiger partial charge on any atom is 0.408 e. The lowest BCUT2D eigenvalue weighted by molar-refractivity contribution is -0.145. The molecule has 1 aromatic carbocycles. The second-order valence-corrected chi connectivity index (χ2v) is 10.8. The molecule has 0 saturated carbocycles. The normalized spacial score (nSPS) is 13.7. The van der Waals surface area contributed by atoms with Crippen molar-refractivity contribution in [2.75, 3.05) is 13.2 Å². The third-order valence-corrected chi connectivity index (χ3v) is 5.64. The summed E-state index contributed by atoms with van der Waals surface area (Å²) in [7, 11) is 0. The van der Waals surface area contributed by atoms with Crippen LogP contribution in [0.3, 0.4) is 0 Å². The van der Waals surface area contributed by atoms with Crippen molar-refractivity contribution in [1.29, 1.82) is 0 Å². The second kappa shape index (κ2) is 15.2. The third-order valence-electron chi connectivity index (χ3n) is 5.64. The molecule has 38 heavy (non-hydrogen) atoms. The van der Waals surface area contributed by atoms with E-state index >= 15 is 0 Å². The molecule has 214 valence electrons. The second-order valence-electron chi connectivity index (χ2n) is 10.8. The molecule has 1 aromatic rings. The van der Waals surface area contributed by atoms with Gasteiger partial charge in [0.2, 0.25) is 11.8 Å². The SMILES string of the molecule is CCOC(=O)CCNC(=O)C(c1cccc(O)c1)N(C(=O)C(C)NC(=O)OC(C)(C)C)C(C)CCC(C)C. The quantitative estimate of drug-likeness (QED) is 0.324. The van der Waals surface area contributed by atoms with Crippen molar-refractivity contribution in [3.05, 3.63) is 29.8 Å². The van der Waals surface area contributed by atoms with Gasteiger partial charge >= 0.3 is 12.1 Å². The van der Waals surface area contributed by atoms with E-state index in [0.29, 0.717) is 17.9 Å². The monoisotopic (exact) mass is 535 g/mol. The molecule has 1 rings (SSSR count). The van der Waals surface area contributed by atoms with Gasteiger partial charge in [-0.25, -0.2) is 4.79 Å². The standard InChI is InChI=1S/C28H45N3O7/c1-9-37-23(33)15-16-29-25(34)24(21-11-10-12-22(32)17-21)31(19(4)14-13-18(2)3)26(35)20(5)30-27(36)38-28(6,7)8/h10-12,17-20,24,32H,9,13-16H2,1-8H3,(H,29,34)(H,30,36). The number of phenols is 1. The molecule has 3 atom stereocenters. The summed E-state index contributed by atoms with van der Waals surface area (Å²) in [6.45, 7) is 14.6. The van der Waals surface area contributed by atoms with Crippen LogP contribution in [0.25, 0.3) is 0 Å². The van der Waals surface area contributed by atoms with Gasteiger partial charge in [0.15, 0.2) is 0 Å². The molecular weight excluding hydrogens is 490 g/mol. The Hall–Kier alpha value is -3.30. The molecule has 0 spiro atoms. The highest BCUT2D eigenvalue weighted by Gasteiger charge is 2.37. The summed E-state index contributed by atoms with van der Waals surface area (Å²) >= 11 is 0. The number of amides is 3. The molecule has 0 bridgehead atoms. The minimum Gasteiger partial charge on any atom is -0.508 e. The number of carbonyl (C=O) groups is 4. The van der Waals surface area contributed by atoms with Crippen molar-refractivity contribution in [1.82, 2.24) is 15.5 Å². The van der Waals surface area contributed by atoms with E-state index in [-0.39, 0.29) is 25.3 Å². The lowest BCUT2D eigenvalue weighted by Crippen LogP contribution is -2.54. The van der Waals surface area contributed by atoms with Crippen LogP contribution in [0.1, 0.15) is 86.3 Å². The highest BCUT2D eigenvalue weighted by molar-refractivity contribution is 5.92. The number of nitrogens with one attached hydrogen (secondary N) is 2. The van der Waals surface area contributed by atoms with E-state index < -0.39 is 47.6 Å². The Balaban J connectivity index is 3.38. The molecule has 3 amide bonds. The first-order valence-corrected chi connectivity index (χ1v) is 13.2. The van der Waals surface area contributed by atoms with Crippen LogP contribution in [0.2, 0.25) is 0 Å². The Morgan fingerprint density at radius 3 is 2.26 bits per heavy atom. The van der Waals surface area contributed by atoms with Gasteiger partial charge in [-0.05, 0) is 78.0 Å². The zero-order valence-electron chi connectivity index (χ0n) is 24.0. The highest BCUT2D eigenvalue weighted by Crippen LogP contribution is 2.29. The molecule has 0 radical (unpaired) electrons. The number of benzene rings is 1. The summed E-state index contributed by atoms with van der Waals surface area (Å²) in [5.74, 6) is -1.15. The van der Waals surface area contributed by atoms with E-state index in [1.165, 1.54) is 24.0 Å². The summed E-state index contributed by atoms with van der Waals surface area (Å²) < 4.78 is 10.2. The van der Waals surface area contributed by atoms with E-state index in [2.05, 4.69) is 24.5 Å². The fourth-order valence-electron chi connectivity index (χ4n) is 3.83. The molecule has 0 aliphatic carbocycles. The van der Waals surface area contributed by atoms with Crippen LogP contribution >= 0.6 is 0 Å². The lowest BCUT2D eigenvalue weighted by Gasteiger charge is -2.38. The Kier molecular flexibility index (Phi) is 13.1. The molecule has 0 heterocycles. The van der Waals surface area contributed by atoms with Gasteiger partial charge in [0, 0.05) is 12.6 Å². The zero-order valence-corrected chi connectivity index (χ0v) is 24.0. The number of carbonyl (C=O) groups excluding carboxylic acids is 4. The van der Waals surface area contributed by atoms with E-state index in [4.69, 9.17) is 9.47 Å². The van der Waals surface area contributed by atoms with Gasteiger partial charge in [0.1, 0.15) is 23.4 Å². The molecule has 0 aliphatic heterocycles. The molecule has 3 unspecified atom stereocenters. The van der Waals surface area contributed by atoms with E-state index in [1.54, 1.807) is 39.8 Å². The molecule has 0 aliphatic rings. The number of rotatable bonds is 13. The van der Waals surface area contributed by atoms with Crippen molar-refractivity contribution in [3.8, 4) is 5.75 Å². The van der Waals surface area contributed by atoms with Crippen LogP contribution in [0.5, 0.6) is 5.75 Å². The van der Waals surface area contributed by atoms with Gasteiger partial charge in [-0.1, -0.05) is 26.0 Å². The summed E-state index contributed by atoms with van der Waals surface area (Å²) in [6, 6.07) is 3.62. The zero-order chi connectivity index (χ0) is 29.0. The van der Waals surface area contributed by atoms with E-state index in [1.807, 2.05) is 6.92 Å². The van der Waals surface area contributed by atoms with Crippen molar-refractivity contribution in [2.24, 2.45) is 5.92 Å². The first-order valence-electron chi connectivity index (χ1n) is 13.2. The average Bonchev–Trinajstić information content (AvgIpc) is 2.79. The number of hydrogen-bond donors (Lipinski definition) is 3. The predicted octanol–water partition coefficient (Wildman–Crippen LogP) is 4.07. The first kappa shape index (κ1) is 32.7. The Morgan fingerprint density at radius 1 is 1.05 bits per heavy atom. The Bertz CT molecular complexity index is 943. The van der Waals surface area contributed by atoms with Gasteiger partial charge in [0.05, 0.1) is 13.0 Å². The third kappa shape index (κ3) is 11.4. The largest absolute Gasteiger partial charge is 0.508 e. The summed E-state index contributed by atoms with van der Waals surface area (Å²) in [5.41, 5.74) is -0.354. The Morgan fingerprint density at radius 2 is 1.71 bits per heavy atom. The number of phenolic OH excluding ortho intramolecular Hbond substituents is 1. The maximum absolute atomic E-state index is 13.8. The first-order chi connectivity index (χ1) is 17.7. The van der Waals surface area contributed by atoms with Crippen LogP contribution in [0.4, 0.5) is 4.79 Å². The molecule has 10 heteroatoms. The number of esters is 1. The number of ether oxygens (including phenoxy) is 2. The molecule has 0 saturated heterocycles. The average molecular weight is 536 g/mol. The van der Waals surface area contributed by atoms with Crippen LogP contribution in [0, 0.1) is 5.92 Å². The van der Waals surface area contributed by atoms with Gasteiger partial charge < -0.3 is 30.1 Å². The molecule has 3 N–H and O–H groups in total. The van der Waals surface area contributed by atoms with Crippen molar-refractivity contribution in [3.63, 3.8) is 0 Å². The van der Waals surface area contributed by atoms with Gasteiger partial charge in [-0.2, -0.15) is 0 Å². The van der Waals surface area contributed by atoms with Crippen molar-refractivity contribution >= 4 is 23.9 Å². The van der Waals surface area contributed by atoms with E-state index in [0.717, 1.165) is 6.42 Å². The minimum atomic E-state index is -1.12. The van der Waals surface area contributed by atoms with E-state index in [9.17, 15) is 24.3 Å². The summed E-state index contributed by atoms with van der Waals surface area (Å²) in [4.78, 5) is 53.0. The molecular formula is C28H45N3O7. The topological polar surface area (TPSA) is 134 Å². The predicted molar refractivity (Wildman–Crippen MR) is 144 cm³/mol. The fourth-order valence-corrected chi connectivity index (χ4v) is 3.83. The molecule has 0 fully saturated rings. The van der Waals surface area contributed by atoms with Crippen LogP contribution < -0.4 is 10.6 Å². The maximum atomic E-state index is 13.8. The highest BCUT2D eigenvalue weighted by atomic mass is 16.6. The van der Waals surface area contributed by atoms with Crippen LogP contribution in [-0.2, 0) is 23.9 Å². The van der Waals surface area contributed by atoms with Crippen LogP contribution in [-0.4, -0.2) is 64.7 Å². The summed E-state index contributed by atoms with van der Waals surface area (Å²) in [6.07, 6.45) is 0.630. The fraction of sp³-hybridized carbons (Fsp3) is 0.643. The van der Waals surface area contributed by atoms with Gasteiger partial charge in [-0.15, -0.1) is 0 Å². The smallest absolute Gasteiger partial charge is 0.408 e. The number of hydrogen-bond acceptors (Lipinski definition) is 7. The summed E-state index contributed by atoms with van der Waals surface area (Å²) in [5, 5.41) is 15.5. The van der Waals surface area contributed by atoms with Crippen molar-refractivity contribution in [2.45, 2.75) is 98.4 Å². The molecule has 0 aromatic heterocycles. The number of nitrogens with zero attached hydrogens (tertiary/aromatic N) is 1. The van der Waals surface area contributed by atoms with Crippen molar-refractivity contribution < 1.29 is 33.8 Å². The van der Waals surface area contributed by atoms with Gasteiger partial charge in [0.25, 0.3) is 0 Å². The van der Waals surface area contributed by atoms with Gasteiger partial charge in [-0.3, -0.25) is 14.4 Å². The molecule has 10 nitrogen and oxygen atoms in total. The van der Waals surface area contributed by atoms with Crippen LogP contribution in [0.15, 0.2) is 24.3 Å². The lowest BCUT2D eigenvalue weighted by atomic mass is 9.97. The minimum absolute atomic E-state index is 0.0150. The Labute approximate surface area is 226 Å².